The minimum Gasteiger partial charge on any atom is -0.497 e. The number of benzene rings is 2. The van der Waals surface area contributed by atoms with Gasteiger partial charge in [0.25, 0.3) is 0 Å². The monoisotopic (exact) mass is 283 g/mol. The Bertz CT molecular complexity index is 624. The van der Waals surface area contributed by atoms with Crippen molar-refractivity contribution in [2.75, 3.05) is 7.11 Å². The van der Waals surface area contributed by atoms with Crippen LogP contribution in [0.3, 0.4) is 0 Å². The van der Waals surface area contributed by atoms with Crippen molar-refractivity contribution >= 4 is 0 Å². The molecule has 2 aromatic carbocycles. The fourth-order valence-corrected chi connectivity index (χ4v) is 2.83. The van der Waals surface area contributed by atoms with Crippen molar-refractivity contribution in [2.24, 2.45) is 5.73 Å². The molecule has 3 rings (SSSR count). The summed E-state index contributed by atoms with van der Waals surface area (Å²) >= 11 is 0. The van der Waals surface area contributed by atoms with E-state index in [9.17, 15) is 0 Å². The van der Waals surface area contributed by atoms with Crippen molar-refractivity contribution in [2.45, 2.75) is 31.9 Å². The highest BCUT2D eigenvalue weighted by Gasteiger charge is 2.17. The van der Waals surface area contributed by atoms with Crippen LogP contribution in [0, 0.1) is 0 Å². The fourth-order valence-electron chi connectivity index (χ4n) is 2.83. The van der Waals surface area contributed by atoms with Crippen molar-refractivity contribution < 1.29 is 9.47 Å². The average Bonchev–Trinajstić information content (AvgIpc) is 2.54. The van der Waals surface area contributed by atoms with Gasteiger partial charge in [0.1, 0.15) is 18.1 Å². The van der Waals surface area contributed by atoms with E-state index < -0.39 is 0 Å². The highest BCUT2D eigenvalue weighted by molar-refractivity contribution is 5.39. The van der Waals surface area contributed by atoms with Crippen LogP contribution in [-0.2, 0) is 13.0 Å². The Labute approximate surface area is 125 Å². The third-order valence-corrected chi connectivity index (χ3v) is 4.02. The van der Waals surface area contributed by atoms with Crippen LogP contribution in [-0.4, -0.2) is 7.11 Å². The van der Waals surface area contributed by atoms with E-state index in [2.05, 4.69) is 12.1 Å². The Balaban J connectivity index is 1.72. The largest absolute Gasteiger partial charge is 0.497 e. The topological polar surface area (TPSA) is 44.5 Å². The summed E-state index contributed by atoms with van der Waals surface area (Å²) in [5.41, 5.74) is 9.89. The molecule has 21 heavy (non-hydrogen) atoms. The van der Waals surface area contributed by atoms with Gasteiger partial charge in [0.2, 0.25) is 0 Å². The SMILES string of the molecule is COc1cccc(COc2ccc3c(c2)[C@@H](N)CCC3)c1. The van der Waals surface area contributed by atoms with Gasteiger partial charge in [-0.2, -0.15) is 0 Å². The van der Waals surface area contributed by atoms with Gasteiger partial charge in [-0.25, -0.2) is 0 Å². The van der Waals surface area contributed by atoms with Crippen LogP contribution in [0.1, 0.15) is 35.6 Å². The first kappa shape index (κ1) is 14.0. The van der Waals surface area contributed by atoms with Gasteiger partial charge < -0.3 is 15.2 Å². The molecule has 2 N–H and O–H groups in total. The Morgan fingerprint density at radius 1 is 1.14 bits per heavy atom. The third kappa shape index (κ3) is 3.19. The molecule has 2 aromatic rings. The first-order chi connectivity index (χ1) is 10.3. The Kier molecular flexibility index (Phi) is 4.11. The predicted molar refractivity (Wildman–Crippen MR) is 83.6 cm³/mol. The maximum atomic E-state index is 6.19. The van der Waals surface area contributed by atoms with Crippen molar-refractivity contribution in [3.8, 4) is 11.5 Å². The van der Waals surface area contributed by atoms with Gasteiger partial charge in [-0.1, -0.05) is 18.2 Å². The molecule has 1 aliphatic rings. The molecule has 0 heterocycles. The van der Waals surface area contributed by atoms with Gasteiger partial charge >= 0.3 is 0 Å². The lowest BCUT2D eigenvalue weighted by molar-refractivity contribution is 0.304. The van der Waals surface area contributed by atoms with Crippen LogP contribution in [0.4, 0.5) is 0 Å². The molecule has 3 nitrogen and oxygen atoms in total. The molecule has 0 aliphatic heterocycles. The fraction of sp³-hybridized carbons (Fsp3) is 0.333. The number of hydrogen-bond acceptors (Lipinski definition) is 3. The van der Waals surface area contributed by atoms with E-state index in [1.165, 1.54) is 17.5 Å². The molecule has 0 unspecified atom stereocenters. The van der Waals surface area contributed by atoms with Crippen LogP contribution in [0.25, 0.3) is 0 Å². The summed E-state index contributed by atoms with van der Waals surface area (Å²) < 4.78 is 11.1. The molecule has 1 atom stereocenters. The van der Waals surface area contributed by atoms with Crippen LogP contribution >= 0.6 is 0 Å². The molecule has 0 amide bonds. The number of methoxy groups -OCH3 is 1. The maximum Gasteiger partial charge on any atom is 0.120 e. The average molecular weight is 283 g/mol. The first-order valence-corrected chi connectivity index (χ1v) is 7.40. The van der Waals surface area contributed by atoms with E-state index in [1.54, 1.807) is 7.11 Å². The van der Waals surface area contributed by atoms with Crippen molar-refractivity contribution in [3.05, 3.63) is 59.2 Å². The summed E-state index contributed by atoms with van der Waals surface area (Å²) in [6, 6.07) is 14.4. The van der Waals surface area contributed by atoms with Gasteiger partial charge in [-0.3, -0.25) is 0 Å². The molecule has 0 saturated heterocycles. The zero-order valence-electron chi connectivity index (χ0n) is 12.3. The lowest BCUT2D eigenvalue weighted by Gasteiger charge is -2.22. The van der Waals surface area contributed by atoms with E-state index >= 15 is 0 Å². The molecule has 0 aromatic heterocycles. The van der Waals surface area contributed by atoms with E-state index in [-0.39, 0.29) is 6.04 Å². The van der Waals surface area contributed by atoms with Crippen LogP contribution < -0.4 is 15.2 Å². The molecule has 1 aliphatic carbocycles. The van der Waals surface area contributed by atoms with Gasteiger partial charge in [-0.05, 0) is 60.2 Å². The standard InChI is InChI=1S/C18H21NO2/c1-20-15-6-2-4-13(10-15)12-21-16-9-8-14-5-3-7-18(19)17(14)11-16/h2,4,6,8-11,18H,3,5,7,12,19H2,1H3/t18-/m0/s1. The Hall–Kier alpha value is -2.00. The van der Waals surface area contributed by atoms with E-state index in [0.717, 1.165) is 29.9 Å². The second-order valence-electron chi connectivity index (χ2n) is 5.50. The molecular weight excluding hydrogens is 262 g/mol. The number of rotatable bonds is 4. The molecule has 0 saturated carbocycles. The summed E-state index contributed by atoms with van der Waals surface area (Å²) in [5, 5.41) is 0. The second kappa shape index (κ2) is 6.19. The minimum absolute atomic E-state index is 0.147. The molecule has 3 heteroatoms. The highest BCUT2D eigenvalue weighted by Crippen LogP contribution is 2.31. The molecular formula is C18H21NO2. The zero-order chi connectivity index (χ0) is 14.7. The molecule has 0 spiro atoms. The third-order valence-electron chi connectivity index (χ3n) is 4.02. The van der Waals surface area contributed by atoms with Crippen LogP contribution in [0.15, 0.2) is 42.5 Å². The van der Waals surface area contributed by atoms with Crippen LogP contribution in [0.5, 0.6) is 11.5 Å². The summed E-state index contributed by atoms with van der Waals surface area (Å²) in [5.74, 6) is 1.73. The van der Waals surface area contributed by atoms with E-state index in [0.29, 0.717) is 6.61 Å². The summed E-state index contributed by atoms with van der Waals surface area (Å²) in [4.78, 5) is 0. The van der Waals surface area contributed by atoms with Gasteiger partial charge in [0, 0.05) is 6.04 Å². The molecule has 0 bridgehead atoms. The van der Waals surface area contributed by atoms with Crippen molar-refractivity contribution in [1.82, 2.24) is 0 Å². The molecule has 0 radical (unpaired) electrons. The number of ether oxygens (including phenoxy) is 2. The number of hydrogen-bond donors (Lipinski definition) is 1. The normalized spacial score (nSPS) is 17.1. The van der Waals surface area contributed by atoms with Crippen molar-refractivity contribution in [3.63, 3.8) is 0 Å². The molecule has 110 valence electrons. The minimum atomic E-state index is 0.147. The summed E-state index contributed by atoms with van der Waals surface area (Å²) in [6.45, 7) is 0.533. The molecule has 0 fully saturated rings. The van der Waals surface area contributed by atoms with Gasteiger partial charge in [0.15, 0.2) is 0 Å². The second-order valence-corrected chi connectivity index (χ2v) is 5.50. The van der Waals surface area contributed by atoms with Crippen molar-refractivity contribution in [1.29, 1.82) is 0 Å². The number of nitrogens with two attached hydrogens (primary N) is 1. The first-order valence-electron chi connectivity index (χ1n) is 7.40. The number of aryl methyl sites for hydroxylation is 1. The Morgan fingerprint density at radius 2 is 2.05 bits per heavy atom. The van der Waals surface area contributed by atoms with E-state index in [4.69, 9.17) is 15.2 Å². The maximum absolute atomic E-state index is 6.19. The lowest BCUT2D eigenvalue weighted by Crippen LogP contribution is -2.17. The predicted octanol–water partition coefficient (Wildman–Crippen LogP) is 3.61. The van der Waals surface area contributed by atoms with Crippen LogP contribution in [0.2, 0.25) is 0 Å². The summed E-state index contributed by atoms with van der Waals surface area (Å²) in [6.07, 6.45) is 3.36. The zero-order valence-corrected chi connectivity index (χ0v) is 12.3. The van der Waals surface area contributed by atoms with Gasteiger partial charge in [0.05, 0.1) is 7.11 Å². The van der Waals surface area contributed by atoms with Gasteiger partial charge in [-0.15, -0.1) is 0 Å². The smallest absolute Gasteiger partial charge is 0.120 e. The number of fused-ring (bicyclic) bond motifs is 1. The van der Waals surface area contributed by atoms with E-state index in [1.807, 2.05) is 30.3 Å². The Morgan fingerprint density at radius 3 is 2.90 bits per heavy atom. The lowest BCUT2D eigenvalue weighted by atomic mass is 9.88. The summed E-state index contributed by atoms with van der Waals surface area (Å²) in [7, 11) is 1.67. The highest BCUT2D eigenvalue weighted by atomic mass is 16.5. The quantitative estimate of drug-likeness (QED) is 0.932.